The van der Waals surface area contributed by atoms with Crippen LogP contribution < -0.4 is 10.1 Å². The highest BCUT2D eigenvalue weighted by atomic mass is 79.9. The van der Waals surface area contributed by atoms with Crippen LogP contribution in [-0.2, 0) is 0 Å². The number of nitrogens with zero attached hydrogens (tertiary/aromatic N) is 1. The van der Waals surface area contributed by atoms with Crippen LogP contribution in [0.1, 0.15) is 10.4 Å². The SMILES string of the molecule is COc1cc(NC(=O)c2cc(Br)ccc2Cl)c2ncccc2c1. The Morgan fingerprint density at radius 1 is 1.26 bits per heavy atom. The van der Waals surface area contributed by atoms with Gasteiger partial charge in [0, 0.05) is 22.1 Å². The van der Waals surface area contributed by atoms with Crippen LogP contribution >= 0.6 is 27.5 Å². The summed E-state index contributed by atoms with van der Waals surface area (Å²) in [6, 6.07) is 12.5. The van der Waals surface area contributed by atoms with E-state index >= 15 is 0 Å². The maximum absolute atomic E-state index is 12.5. The first kappa shape index (κ1) is 15.8. The monoisotopic (exact) mass is 390 g/mol. The highest BCUT2D eigenvalue weighted by Gasteiger charge is 2.14. The van der Waals surface area contributed by atoms with Crippen molar-refractivity contribution in [1.82, 2.24) is 4.98 Å². The Kier molecular flexibility index (Phi) is 4.50. The molecule has 3 aromatic rings. The number of carbonyl (C=O) groups excluding carboxylic acids is 1. The molecular weight excluding hydrogens is 380 g/mol. The van der Waals surface area contributed by atoms with Crippen molar-refractivity contribution in [3.05, 3.63) is 63.7 Å². The third kappa shape index (κ3) is 3.30. The van der Waals surface area contributed by atoms with Crippen molar-refractivity contribution in [2.75, 3.05) is 12.4 Å². The van der Waals surface area contributed by atoms with Gasteiger partial charge in [0.25, 0.3) is 5.91 Å². The number of methoxy groups -OCH3 is 1. The van der Waals surface area contributed by atoms with E-state index in [4.69, 9.17) is 16.3 Å². The van der Waals surface area contributed by atoms with Gasteiger partial charge in [0.15, 0.2) is 0 Å². The molecule has 0 saturated carbocycles. The van der Waals surface area contributed by atoms with Crippen molar-refractivity contribution in [2.45, 2.75) is 0 Å². The van der Waals surface area contributed by atoms with Crippen molar-refractivity contribution in [3.63, 3.8) is 0 Å². The summed E-state index contributed by atoms with van der Waals surface area (Å²) < 4.78 is 6.06. The summed E-state index contributed by atoms with van der Waals surface area (Å²) in [4.78, 5) is 16.9. The van der Waals surface area contributed by atoms with E-state index in [1.54, 1.807) is 37.6 Å². The molecule has 0 spiro atoms. The van der Waals surface area contributed by atoms with Gasteiger partial charge in [0.1, 0.15) is 5.75 Å². The van der Waals surface area contributed by atoms with E-state index in [2.05, 4.69) is 26.2 Å². The third-order valence-electron chi connectivity index (χ3n) is 3.34. The maximum atomic E-state index is 12.5. The molecule has 3 rings (SSSR count). The minimum absolute atomic E-state index is 0.309. The number of ether oxygens (including phenoxy) is 1. The van der Waals surface area contributed by atoms with Crippen LogP contribution in [0.4, 0.5) is 5.69 Å². The zero-order valence-corrected chi connectivity index (χ0v) is 14.5. The average Bonchev–Trinajstić information content (AvgIpc) is 2.56. The number of fused-ring (bicyclic) bond motifs is 1. The molecule has 0 aliphatic heterocycles. The molecule has 0 atom stereocenters. The number of carbonyl (C=O) groups is 1. The number of anilines is 1. The smallest absolute Gasteiger partial charge is 0.257 e. The Balaban J connectivity index is 2.03. The summed E-state index contributed by atoms with van der Waals surface area (Å²) in [5.74, 6) is 0.331. The van der Waals surface area contributed by atoms with Crippen molar-refractivity contribution in [2.24, 2.45) is 0 Å². The van der Waals surface area contributed by atoms with Crippen molar-refractivity contribution < 1.29 is 9.53 Å². The number of hydrogen-bond donors (Lipinski definition) is 1. The van der Waals surface area contributed by atoms with Crippen molar-refractivity contribution in [3.8, 4) is 5.75 Å². The normalized spacial score (nSPS) is 10.6. The standard InChI is InChI=1S/C17H12BrClN2O2/c1-23-12-7-10-3-2-6-20-16(10)15(9-12)21-17(22)13-8-11(18)4-5-14(13)19/h2-9H,1H3,(H,21,22). The fourth-order valence-corrected chi connectivity index (χ4v) is 2.80. The maximum Gasteiger partial charge on any atom is 0.257 e. The number of pyridine rings is 1. The molecule has 0 radical (unpaired) electrons. The quantitative estimate of drug-likeness (QED) is 0.690. The fourth-order valence-electron chi connectivity index (χ4n) is 2.24. The number of amides is 1. The molecule has 1 aromatic heterocycles. The lowest BCUT2D eigenvalue weighted by atomic mass is 10.1. The molecular formula is C17H12BrClN2O2. The van der Waals surface area contributed by atoms with Gasteiger partial charge in [-0.05, 0) is 30.3 Å². The molecule has 0 unspecified atom stereocenters. The third-order valence-corrected chi connectivity index (χ3v) is 4.16. The summed E-state index contributed by atoms with van der Waals surface area (Å²) in [5.41, 5.74) is 1.64. The van der Waals surface area contributed by atoms with Gasteiger partial charge >= 0.3 is 0 Å². The Labute approximate surface area is 146 Å². The Hall–Kier alpha value is -2.11. The molecule has 1 heterocycles. The van der Waals surface area contributed by atoms with Crippen LogP contribution in [-0.4, -0.2) is 18.0 Å². The van der Waals surface area contributed by atoms with Gasteiger partial charge < -0.3 is 10.1 Å². The lowest BCUT2D eigenvalue weighted by molar-refractivity contribution is 0.102. The molecule has 0 aliphatic carbocycles. The van der Waals surface area contributed by atoms with Crippen LogP contribution in [0.2, 0.25) is 5.02 Å². The van der Waals surface area contributed by atoms with Crippen LogP contribution in [0.5, 0.6) is 5.75 Å². The average molecular weight is 392 g/mol. The molecule has 0 aliphatic rings. The van der Waals surface area contributed by atoms with Gasteiger partial charge in [-0.25, -0.2) is 0 Å². The van der Waals surface area contributed by atoms with Crippen LogP contribution in [0.3, 0.4) is 0 Å². The largest absolute Gasteiger partial charge is 0.497 e. The molecule has 0 saturated heterocycles. The van der Waals surface area contributed by atoms with Gasteiger partial charge in [-0.1, -0.05) is 33.6 Å². The van der Waals surface area contributed by atoms with E-state index in [0.717, 1.165) is 9.86 Å². The van der Waals surface area contributed by atoms with Gasteiger partial charge in [-0.3, -0.25) is 9.78 Å². The van der Waals surface area contributed by atoms with E-state index in [1.165, 1.54) is 0 Å². The minimum atomic E-state index is -0.309. The molecule has 2 aromatic carbocycles. The number of hydrogen-bond acceptors (Lipinski definition) is 3. The zero-order chi connectivity index (χ0) is 16.4. The summed E-state index contributed by atoms with van der Waals surface area (Å²) in [6.45, 7) is 0. The van der Waals surface area contributed by atoms with Gasteiger partial charge in [-0.15, -0.1) is 0 Å². The molecule has 1 N–H and O–H groups in total. The first-order valence-corrected chi connectivity index (χ1v) is 7.95. The van der Waals surface area contributed by atoms with Crippen LogP contribution in [0.15, 0.2) is 53.1 Å². The molecule has 0 fully saturated rings. The second kappa shape index (κ2) is 6.56. The molecule has 0 bridgehead atoms. The predicted octanol–water partition coefficient (Wildman–Crippen LogP) is 4.91. The van der Waals surface area contributed by atoms with E-state index < -0.39 is 0 Å². The summed E-state index contributed by atoms with van der Waals surface area (Å²) >= 11 is 9.45. The number of benzene rings is 2. The molecule has 116 valence electrons. The number of aromatic nitrogens is 1. The van der Waals surface area contributed by atoms with E-state index in [9.17, 15) is 4.79 Å². The van der Waals surface area contributed by atoms with Crippen LogP contribution in [0, 0.1) is 0 Å². The second-order valence-corrected chi connectivity index (χ2v) is 6.15. The summed E-state index contributed by atoms with van der Waals surface area (Å²) in [6.07, 6.45) is 1.68. The first-order valence-electron chi connectivity index (χ1n) is 6.77. The van der Waals surface area contributed by atoms with Gasteiger partial charge in [0.2, 0.25) is 0 Å². The van der Waals surface area contributed by atoms with E-state index in [0.29, 0.717) is 27.5 Å². The van der Waals surface area contributed by atoms with Gasteiger partial charge in [0.05, 0.1) is 28.9 Å². The molecule has 1 amide bonds. The first-order chi connectivity index (χ1) is 11.1. The highest BCUT2D eigenvalue weighted by molar-refractivity contribution is 9.10. The van der Waals surface area contributed by atoms with Crippen molar-refractivity contribution >= 4 is 50.0 Å². The van der Waals surface area contributed by atoms with Crippen LogP contribution in [0.25, 0.3) is 10.9 Å². The lowest BCUT2D eigenvalue weighted by Gasteiger charge is -2.11. The van der Waals surface area contributed by atoms with E-state index in [-0.39, 0.29) is 5.91 Å². The van der Waals surface area contributed by atoms with E-state index in [1.807, 2.05) is 18.2 Å². The number of halogens is 2. The Morgan fingerprint density at radius 2 is 2.09 bits per heavy atom. The molecule has 4 nitrogen and oxygen atoms in total. The number of rotatable bonds is 3. The second-order valence-electron chi connectivity index (χ2n) is 4.83. The molecule has 23 heavy (non-hydrogen) atoms. The Bertz CT molecular complexity index is 899. The fraction of sp³-hybridized carbons (Fsp3) is 0.0588. The Morgan fingerprint density at radius 3 is 2.87 bits per heavy atom. The van der Waals surface area contributed by atoms with Crippen molar-refractivity contribution in [1.29, 1.82) is 0 Å². The highest BCUT2D eigenvalue weighted by Crippen LogP contribution is 2.29. The summed E-state index contributed by atoms with van der Waals surface area (Å²) in [5, 5.41) is 4.12. The van der Waals surface area contributed by atoms with Gasteiger partial charge in [-0.2, -0.15) is 0 Å². The zero-order valence-electron chi connectivity index (χ0n) is 12.1. The minimum Gasteiger partial charge on any atom is -0.497 e. The lowest BCUT2D eigenvalue weighted by Crippen LogP contribution is -2.13. The topological polar surface area (TPSA) is 51.2 Å². The predicted molar refractivity (Wildman–Crippen MR) is 95.4 cm³/mol. The molecule has 6 heteroatoms. The number of nitrogens with one attached hydrogen (secondary N) is 1. The summed E-state index contributed by atoms with van der Waals surface area (Å²) in [7, 11) is 1.58.